The average molecular weight is 435 g/mol. The van der Waals surface area contributed by atoms with Crippen LogP contribution in [0.15, 0.2) is 48.5 Å². The van der Waals surface area contributed by atoms with Gasteiger partial charge >= 0.3 is 0 Å². The van der Waals surface area contributed by atoms with Crippen molar-refractivity contribution in [1.82, 2.24) is 15.1 Å². The second kappa shape index (κ2) is 10.6. The van der Waals surface area contributed by atoms with Crippen LogP contribution in [-0.2, 0) is 22.5 Å². The number of nitrogens with zero attached hydrogens (tertiary/aromatic N) is 3. The molecule has 168 valence electrons. The van der Waals surface area contributed by atoms with Crippen LogP contribution in [0, 0.1) is 11.3 Å². The van der Waals surface area contributed by atoms with E-state index in [0.717, 1.165) is 50.5 Å². The maximum atomic E-state index is 12.4. The van der Waals surface area contributed by atoms with Crippen LogP contribution in [0.4, 0.5) is 0 Å². The molecule has 0 radical (unpaired) electrons. The smallest absolute Gasteiger partial charge is 0.234 e. The van der Waals surface area contributed by atoms with Crippen molar-refractivity contribution in [1.29, 1.82) is 5.26 Å². The molecule has 0 spiro atoms. The number of carbonyl (C=O) groups excluding carboxylic acids is 1. The molecule has 2 atom stereocenters. The molecule has 2 saturated heterocycles. The zero-order valence-electron chi connectivity index (χ0n) is 18.5. The molecular formula is C25H30N4O3. The minimum Gasteiger partial charge on any atom is -0.496 e. The summed E-state index contributed by atoms with van der Waals surface area (Å²) < 4.78 is 11.6. The third kappa shape index (κ3) is 5.86. The average Bonchev–Trinajstić information content (AvgIpc) is 2.81. The lowest BCUT2D eigenvalue weighted by Crippen LogP contribution is -2.60. The summed E-state index contributed by atoms with van der Waals surface area (Å²) in [5, 5.41) is 11.9. The SMILES string of the molecule is COc1ccccc1CCN1CC2CN(CC(=O)NCc3ccc(C#N)cc3)CC(C1)O2. The van der Waals surface area contributed by atoms with E-state index in [1.807, 2.05) is 24.3 Å². The highest BCUT2D eigenvalue weighted by Crippen LogP contribution is 2.22. The molecule has 0 aliphatic carbocycles. The molecule has 4 rings (SSSR count). The van der Waals surface area contributed by atoms with Crippen LogP contribution in [-0.4, -0.2) is 74.3 Å². The molecule has 2 aromatic carbocycles. The number of nitriles is 1. The fourth-order valence-electron chi connectivity index (χ4n) is 4.52. The number of methoxy groups -OCH3 is 1. The molecular weight excluding hydrogens is 404 g/mol. The van der Waals surface area contributed by atoms with E-state index in [1.165, 1.54) is 5.56 Å². The quantitative estimate of drug-likeness (QED) is 0.683. The molecule has 32 heavy (non-hydrogen) atoms. The third-order valence-corrected chi connectivity index (χ3v) is 6.06. The fourth-order valence-corrected chi connectivity index (χ4v) is 4.52. The molecule has 2 heterocycles. The monoisotopic (exact) mass is 434 g/mol. The lowest BCUT2D eigenvalue weighted by Gasteiger charge is -2.45. The zero-order valence-corrected chi connectivity index (χ0v) is 18.5. The molecule has 1 N–H and O–H groups in total. The highest BCUT2D eigenvalue weighted by Gasteiger charge is 2.35. The lowest BCUT2D eigenvalue weighted by atomic mass is 10.1. The second-order valence-electron chi connectivity index (χ2n) is 8.48. The van der Waals surface area contributed by atoms with Crippen LogP contribution < -0.4 is 10.1 Å². The van der Waals surface area contributed by atoms with E-state index in [0.29, 0.717) is 18.7 Å². The summed E-state index contributed by atoms with van der Waals surface area (Å²) in [6.07, 6.45) is 1.21. The van der Waals surface area contributed by atoms with Crippen molar-refractivity contribution in [3.63, 3.8) is 0 Å². The first-order valence-electron chi connectivity index (χ1n) is 11.1. The summed E-state index contributed by atoms with van der Waals surface area (Å²) in [5.74, 6) is 0.960. The van der Waals surface area contributed by atoms with Gasteiger partial charge in [0.25, 0.3) is 0 Å². The Balaban J connectivity index is 1.21. The van der Waals surface area contributed by atoms with Gasteiger partial charge in [-0.1, -0.05) is 30.3 Å². The summed E-state index contributed by atoms with van der Waals surface area (Å²) in [5.41, 5.74) is 2.84. The van der Waals surface area contributed by atoms with Crippen molar-refractivity contribution in [2.75, 3.05) is 46.4 Å². The Labute approximate surface area is 189 Å². The number of nitrogens with one attached hydrogen (secondary N) is 1. The Hall–Kier alpha value is -2.92. The van der Waals surface area contributed by atoms with Crippen LogP contribution in [0.3, 0.4) is 0 Å². The molecule has 2 fully saturated rings. The Morgan fingerprint density at radius 1 is 1.09 bits per heavy atom. The van der Waals surface area contributed by atoms with Crippen molar-refractivity contribution in [3.8, 4) is 11.8 Å². The minimum absolute atomic E-state index is 0.0161. The van der Waals surface area contributed by atoms with E-state index in [2.05, 4.69) is 33.3 Å². The molecule has 2 bridgehead atoms. The largest absolute Gasteiger partial charge is 0.496 e. The number of para-hydroxylation sites is 1. The second-order valence-corrected chi connectivity index (χ2v) is 8.48. The predicted molar refractivity (Wildman–Crippen MR) is 121 cm³/mol. The number of amides is 1. The number of morpholine rings is 2. The van der Waals surface area contributed by atoms with Gasteiger partial charge in [0.1, 0.15) is 5.75 Å². The van der Waals surface area contributed by atoms with E-state index in [4.69, 9.17) is 14.7 Å². The first-order valence-corrected chi connectivity index (χ1v) is 11.1. The van der Waals surface area contributed by atoms with E-state index < -0.39 is 0 Å². The predicted octanol–water partition coefficient (Wildman–Crippen LogP) is 1.81. The number of fused-ring (bicyclic) bond motifs is 2. The van der Waals surface area contributed by atoms with Gasteiger partial charge in [-0.15, -0.1) is 0 Å². The van der Waals surface area contributed by atoms with Gasteiger partial charge in [0, 0.05) is 39.3 Å². The van der Waals surface area contributed by atoms with Gasteiger partial charge in [-0.05, 0) is 35.7 Å². The fraction of sp³-hybridized carbons (Fsp3) is 0.440. The van der Waals surface area contributed by atoms with Crippen LogP contribution in [0.2, 0.25) is 0 Å². The van der Waals surface area contributed by atoms with Crippen molar-refractivity contribution in [3.05, 3.63) is 65.2 Å². The van der Waals surface area contributed by atoms with Gasteiger partial charge in [0.2, 0.25) is 5.91 Å². The highest BCUT2D eigenvalue weighted by atomic mass is 16.5. The van der Waals surface area contributed by atoms with Gasteiger partial charge in [0.05, 0.1) is 37.5 Å². The number of benzene rings is 2. The van der Waals surface area contributed by atoms with Gasteiger partial charge in [-0.3, -0.25) is 14.6 Å². The van der Waals surface area contributed by atoms with Gasteiger partial charge in [-0.2, -0.15) is 5.26 Å². The van der Waals surface area contributed by atoms with Gasteiger partial charge in [0.15, 0.2) is 0 Å². The maximum absolute atomic E-state index is 12.4. The molecule has 0 aromatic heterocycles. The topological polar surface area (TPSA) is 77.8 Å². The van der Waals surface area contributed by atoms with E-state index in [1.54, 1.807) is 19.2 Å². The third-order valence-electron chi connectivity index (χ3n) is 6.06. The molecule has 7 heteroatoms. The van der Waals surface area contributed by atoms with Crippen molar-refractivity contribution in [2.45, 2.75) is 25.2 Å². The first-order chi connectivity index (χ1) is 15.6. The number of hydrogen-bond acceptors (Lipinski definition) is 6. The van der Waals surface area contributed by atoms with E-state index in [-0.39, 0.29) is 18.1 Å². The summed E-state index contributed by atoms with van der Waals surface area (Å²) >= 11 is 0. The van der Waals surface area contributed by atoms with E-state index in [9.17, 15) is 4.79 Å². The molecule has 2 aliphatic heterocycles. The molecule has 0 saturated carbocycles. The normalized spacial score (nSPS) is 21.0. The Kier molecular flexibility index (Phi) is 7.38. The summed E-state index contributed by atoms with van der Waals surface area (Å²) in [6, 6.07) is 17.6. The minimum atomic E-state index is 0.0161. The standard InChI is InChI=1S/C25H30N4O3/c1-31-24-5-3-2-4-21(24)10-11-28-14-22-16-29(17-23(15-28)32-22)18-25(30)27-13-20-8-6-19(12-26)7-9-20/h2-9,22-23H,10-11,13-18H2,1H3,(H,27,30). The number of rotatable bonds is 8. The van der Waals surface area contributed by atoms with E-state index >= 15 is 0 Å². The molecule has 7 nitrogen and oxygen atoms in total. The summed E-state index contributed by atoms with van der Waals surface area (Å²) in [6.45, 7) is 5.13. The Bertz CT molecular complexity index is 942. The summed E-state index contributed by atoms with van der Waals surface area (Å²) in [4.78, 5) is 17.1. The van der Waals surface area contributed by atoms with Gasteiger partial charge < -0.3 is 14.8 Å². The number of ether oxygens (including phenoxy) is 2. The zero-order chi connectivity index (χ0) is 22.3. The van der Waals surface area contributed by atoms with Crippen molar-refractivity contribution >= 4 is 5.91 Å². The van der Waals surface area contributed by atoms with Crippen LogP contribution >= 0.6 is 0 Å². The van der Waals surface area contributed by atoms with Crippen LogP contribution in [0.5, 0.6) is 5.75 Å². The van der Waals surface area contributed by atoms with Crippen molar-refractivity contribution in [2.24, 2.45) is 0 Å². The maximum Gasteiger partial charge on any atom is 0.234 e. The van der Waals surface area contributed by atoms with Crippen LogP contribution in [0.25, 0.3) is 0 Å². The van der Waals surface area contributed by atoms with Gasteiger partial charge in [-0.25, -0.2) is 0 Å². The molecule has 1 amide bonds. The molecule has 2 unspecified atom stereocenters. The lowest BCUT2D eigenvalue weighted by molar-refractivity contribution is -0.144. The number of carbonyl (C=O) groups is 1. The Morgan fingerprint density at radius 2 is 1.78 bits per heavy atom. The first kappa shape index (κ1) is 22.3. The highest BCUT2D eigenvalue weighted by molar-refractivity contribution is 5.78. The summed E-state index contributed by atoms with van der Waals surface area (Å²) in [7, 11) is 1.72. The van der Waals surface area contributed by atoms with Crippen LogP contribution in [0.1, 0.15) is 16.7 Å². The molecule has 2 aliphatic rings. The Morgan fingerprint density at radius 3 is 2.47 bits per heavy atom. The van der Waals surface area contributed by atoms with Crippen molar-refractivity contribution < 1.29 is 14.3 Å². The number of hydrogen-bond donors (Lipinski definition) is 1. The molecule has 2 aromatic rings.